The van der Waals surface area contributed by atoms with Gasteiger partial charge < -0.3 is 15.3 Å². The summed E-state index contributed by atoms with van der Waals surface area (Å²) in [5, 5.41) is 20.5. The largest absolute Gasteiger partial charge is 0.391 e. The van der Waals surface area contributed by atoms with Gasteiger partial charge in [0, 0.05) is 13.6 Å². The number of amides is 1. The van der Waals surface area contributed by atoms with Gasteiger partial charge in [-0.3, -0.25) is 4.79 Å². The summed E-state index contributed by atoms with van der Waals surface area (Å²) in [6.45, 7) is 0.384. The van der Waals surface area contributed by atoms with Gasteiger partial charge in [0.15, 0.2) is 11.5 Å². The summed E-state index contributed by atoms with van der Waals surface area (Å²) in [7, 11) is 1.52. The van der Waals surface area contributed by atoms with Crippen LogP contribution >= 0.6 is 0 Å². The zero-order chi connectivity index (χ0) is 16.4. The van der Waals surface area contributed by atoms with Gasteiger partial charge in [0.25, 0.3) is 5.91 Å². The first-order valence-corrected chi connectivity index (χ1v) is 7.34. The van der Waals surface area contributed by atoms with Crippen LogP contribution in [0, 0.1) is 5.82 Å². The quantitative estimate of drug-likeness (QED) is 0.892. The molecule has 120 valence electrons. The summed E-state index contributed by atoms with van der Waals surface area (Å²) in [5.74, 6) is -0.0828. The summed E-state index contributed by atoms with van der Waals surface area (Å²) >= 11 is 0. The Labute approximate surface area is 133 Å². The lowest BCUT2D eigenvalue weighted by Gasteiger charge is -2.25. The van der Waals surface area contributed by atoms with Gasteiger partial charge in [-0.1, -0.05) is 12.1 Å². The number of nitrogens with one attached hydrogen (secondary N) is 1. The maximum absolute atomic E-state index is 13.5. The second-order valence-electron chi connectivity index (χ2n) is 5.47. The minimum atomic E-state index is -0.524. The fraction of sp³-hybridized carbons (Fsp3) is 0.312. The van der Waals surface area contributed by atoms with E-state index in [0.717, 1.165) is 5.56 Å². The standard InChI is InChI=1S/C16H17FN4O2/c1-18-16(23)13-5-6-15(20-19-13)21-9-12(22)8-14(21)10-3-2-4-11(17)7-10/h2-7,12,14,22H,8-9H2,1H3,(H,18,23)/t12-,14-/m0/s1. The molecular formula is C16H17FN4O2. The van der Waals surface area contributed by atoms with Crippen molar-refractivity contribution >= 4 is 11.7 Å². The van der Waals surface area contributed by atoms with E-state index in [0.29, 0.717) is 18.8 Å². The molecule has 7 heteroatoms. The summed E-state index contributed by atoms with van der Waals surface area (Å²) < 4.78 is 13.5. The smallest absolute Gasteiger partial charge is 0.271 e. The van der Waals surface area contributed by atoms with Crippen molar-refractivity contribution < 1.29 is 14.3 Å². The zero-order valence-electron chi connectivity index (χ0n) is 12.6. The lowest BCUT2D eigenvalue weighted by Crippen LogP contribution is -2.26. The van der Waals surface area contributed by atoms with E-state index in [9.17, 15) is 14.3 Å². The molecule has 6 nitrogen and oxygen atoms in total. The van der Waals surface area contributed by atoms with Gasteiger partial charge in [0.05, 0.1) is 12.1 Å². The normalized spacial score (nSPS) is 20.6. The Morgan fingerprint density at radius 1 is 1.35 bits per heavy atom. The molecule has 1 aliphatic rings. The number of carbonyl (C=O) groups excluding carboxylic acids is 1. The van der Waals surface area contributed by atoms with E-state index in [-0.39, 0.29) is 23.5 Å². The van der Waals surface area contributed by atoms with E-state index in [1.54, 1.807) is 18.2 Å². The van der Waals surface area contributed by atoms with Gasteiger partial charge in [0.1, 0.15) is 5.82 Å². The van der Waals surface area contributed by atoms with Crippen LogP contribution in [0.5, 0.6) is 0 Å². The first-order chi connectivity index (χ1) is 11.1. The number of rotatable bonds is 3. The summed E-state index contributed by atoms with van der Waals surface area (Å²) in [5.41, 5.74) is 0.997. The van der Waals surface area contributed by atoms with Gasteiger partial charge >= 0.3 is 0 Å². The molecule has 1 aliphatic heterocycles. The predicted molar refractivity (Wildman–Crippen MR) is 82.5 cm³/mol. The number of β-amino-alcohol motifs (C(OH)–C–C–N with tert-alkyl or cyclic N) is 1. The number of nitrogens with zero attached hydrogens (tertiary/aromatic N) is 3. The lowest BCUT2D eigenvalue weighted by molar-refractivity contribution is 0.0957. The second kappa shape index (κ2) is 6.29. The third-order valence-electron chi connectivity index (χ3n) is 3.92. The summed E-state index contributed by atoms with van der Waals surface area (Å²) in [6, 6.07) is 9.40. The van der Waals surface area contributed by atoms with Crippen LogP contribution in [0.2, 0.25) is 0 Å². The molecule has 1 aromatic carbocycles. The van der Waals surface area contributed by atoms with Crippen molar-refractivity contribution in [3.63, 3.8) is 0 Å². The molecular weight excluding hydrogens is 299 g/mol. The molecule has 0 radical (unpaired) electrons. The van der Waals surface area contributed by atoms with E-state index in [1.807, 2.05) is 11.0 Å². The molecule has 0 bridgehead atoms. The highest BCUT2D eigenvalue weighted by atomic mass is 19.1. The maximum atomic E-state index is 13.5. The van der Waals surface area contributed by atoms with Crippen molar-refractivity contribution in [3.05, 3.63) is 53.5 Å². The highest BCUT2D eigenvalue weighted by Gasteiger charge is 2.33. The third-order valence-corrected chi connectivity index (χ3v) is 3.92. The number of aliphatic hydroxyl groups is 1. The average molecular weight is 316 g/mol. The zero-order valence-corrected chi connectivity index (χ0v) is 12.6. The number of aromatic nitrogens is 2. The highest BCUT2D eigenvalue weighted by molar-refractivity contribution is 5.91. The van der Waals surface area contributed by atoms with Crippen molar-refractivity contribution in [1.82, 2.24) is 15.5 Å². The minimum absolute atomic E-state index is 0.180. The van der Waals surface area contributed by atoms with Crippen molar-refractivity contribution in [2.24, 2.45) is 0 Å². The van der Waals surface area contributed by atoms with Crippen molar-refractivity contribution in [3.8, 4) is 0 Å². The van der Waals surface area contributed by atoms with E-state index < -0.39 is 6.10 Å². The first kappa shape index (κ1) is 15.4. The molecule has 1 fully saturated rings. The molecule has 1 amide bonds. The molecule has 1 aromatic heterocycles. The molecule has 3 rings (SSSR count). The third kappa shape index (κ3) is 3.14. The van der Waals surface area contributed by atoms with Crippen LogP contribution in [0.4, 0.5) is 10.2 Å². The van der Waals surface area contributed by atoms with Crippen LogP contribution in [0.15, 0.2) is 36.4 Å². The Morgan fingerprint density at radius 3 is 2.83 bits per heavy atom. The number of hydrogen-bond acceptors (Lipinski definition) is 5. The van der Waals surface area contributed by atoms with Gasteiger partial charge in [-0.15, -0.1) is 10.2 Å². The molecule has 0 unspecified atom stereocenters. The number of carbonyl (C=O) groups is 1. The van der Waals surface area contributed by atoms with Crippen molar-refractivity contribution in [2.75, 3.05) is 18.5 Å². The fourth-order valence-electron chi connectivity index (χ4n) is 2.82. The minimum Gasteiger partial charge on any atom is -0.391 e. The number of anilines is 1. The number of benzene rings is 1. The molecule has 2 aromatic rings. The fourth-order valence-corrected chi connectivity index (χ4v) is 2.82. The molecule has 23 heavy (non-hydrogen) atoms. The van der Waals surface area contributed by atoms with Gasteiger partial charge in [-0.25, -0.2) is 4.39 Å². The van der Waals surface area contributed by atoms with Crippen molar-refractivity contribution in [2.45, 2.75) is 18.6 Å². The lowest BCUT2D eigenvalue weighted by atomic mass is 10.0. The molecule has 0 saturated carbocycles. The van der Waals surface area contributed by atoms with Gasteiger partial charge in [-0.05, 0) is 36.2 Å². The first-order valence-electron chi connectivity index (χ1n) is 7.34. The van der Waals surface area contributed by atoms with Crippen LogP contribution in [-0.2, 0) is 0 Å². The summed E-state index contributed by atoms with van der Waals surface area (Å²) in [6.07, 6.45) is -0.0359. The molecule has 0 spiro atoms. The van der Waals surface area contributed by atoms with E-state index in [2.05, 4.69) is 15.5 Å². The molecule has 0 aliphatic carbocycles. The van der Waals surface area contributed by atoms with E-state index >= 15 is 0 Å². The van der Waals surface area contributed by atoms with E-state index in [1.165, 1.54) is 19.2 Å². The van der Waals surface area contributed by atoms with Crippen molar-refractivity contribution in [1.29, 1.82) is 0 Å². The predicted octanol–water partition coefficient (Wildman–Crippen LogP) is 1.29. The molecule has 2 N–H and O–H groups in total. The Balaban J connectivity index is 1.89. The topological polar surface area (TPSA) is 78.4 Å². The Bertz CT molecular complexity index is 707. The Morgan fingerprint density at radius 2 is 2.17 bits per heavy atom. The second-order valence-corrected chi connectivity index (χ2v) is 5.47. The van der Waals surface area contributed by atoms with Crippen LogP contribution < -0.4 is 10.2 Å². The maximum Gasteiger partial charge on any atom is 0.271 e. The molecule has 1 saturated heterocycles. The number of halogens is 1. The number of hydrogen-bond donors (Lipinski definition) is 2. The summed E-state index contributed by atoms with van der Waals surface area (Å²) in [4.78, 5) is 13.4. The monoisotopic (exact) mass is 316 g/mol. The molecule has 2 atom stereocenters. The Hall–Kier alpha value is -2.54. The Kier molecular flexibility index (Phi) is 4.20. The van der Waals surface area contributed by atoms with Crippen LogP contribution in [-0.4, -0.2) is 40.9 Å². The number of aliphatic hydroxyl groups excluding tert-OH is 1. The van der Waals surface area contributed by atoms with E-state index in [4.69, 9.17) is 0 Å². The van der Waals surface area contributed by atoms with Crippen LogP contribution in [0.1, 0.15) is 28.5 Å². The average Bonchev–Trinajstić information content (AvgIpc) is 2.96. The highest BCUT2D eigenvalue weighted by Crippen LogP contribution is 2.35. The van der Waals surface area contributed by atoms with Gasteiger partial charge in [-0.2, -0.15) is 0 Å². The SMILES string of the molecule is CNC(=O)c1ccc(N2C[C@@H](O)C[C@H]2c2cccc(F)c2)nn1. The molecule has 2 heterocycles. The van der Waals surface area contributed by atoms with Gasteiger partial charge in [0.2, 0.25) is 0 Å². The van der Waals surface area contributed by atoms with Crippen LogP contribution in [0.25, 0.3) is 0 Å². The van der Waals surface area contributed by atoms with Crippen LogP contribution in [0.3, 0.4) is 0 Å².